The zero-order chi connectivity index (χ0) is 17.4. The van der Waals surface area contributed by atoms with Crippen molar-refractivity contribution in [3.8, 4) is 17.0 Å². The van der Waals surface area contributed by atoms with E-state index in [-0.39, 0.29) is 12.5 Å². The number of halogens is 1. The van der Waals surface area contributed by atoms with Crippen LogP contribution >= 0.6 is 11.6 Å². The van der Waals surface area contributed by atoms with Gasteiger partial charge in [-0.2, -0.15) is 5.10 Å². The zero-order valence-electron chi connectivity index (χ0n) is 13.6. The first-order chi connectivity index (χ1) is 12.1. The van der Waals surface area contributed by atoms with E-state index in [1.807, 2.05) is 19.1 Å². The lowest BCUT2D eigenvalue weighted by molar-refractivity contribution is -0.116. The number of rotatable bonds is 3. The molecule has 1 amide bonds. The molecule has 0 radical (unpaired) electrons. The van der Waals surface area contributed by atoms with Crippen molar-refractivity contribution in [1.82, 2.24) is 9.78 Å². The van der Waals surface area contributed by atoms with Gasteiger partial charge in [0.2, 0.25) is 5.91 Å². The quantitative estimate of drug-likeness (QED) is 0.773. The second-order valence-electron chi connectivity index (χ2n) is 6.02. The molecule has 1 aromatic heterocycles. The van der Waals surface area contributed by atoms with Crippen LogP contribution in [0.4, 0.5) is 5.69 Å². The predicted octanol–water partition coefficient (Wildman–Crippen LogP) is 4.04. The highest BCUT2D eigenvalue weighted by Gasteiger charge is 2.23. The molecule has 0 unspecified atom stereocenters. The number of ether oxygens (including phenoxy) is 1. The Morgan fingerprint density at radius 3 is 3.04 bits per heavy atom. The maximum Gasteiger partial charge on any atom is 0.246 e. The maximum atomic E-state index is 12.4. The summed E-state index contributed by atoms with van der Waals surface area (Å²) in [7, 11) is 0. The fourth-order valence-corrected chi connectivity index (χ4v) is 3.16. The van der Waals surface area contributed by atoms with Crippen molar-refractivity contribution in [2.75, 3.05) is 5.32 Å². The molecule has 0 bridgehead atoms. The van der Waals surface area contributed by atoms with Crippen LogP contribution in [0.15, 0.2) is 48.7 Å². The molecular formula is C19H16ClN3O2. The molecule has 2 aromatic carbocycles. The summed E-state index contributed by atoms with van der Waals surface area (Å²) in [6, 6.07) is 13.1. The smallest absolute Gasteiger partial charge is 0.246 e. The molecular weight excluding hydrogens is 338 g/mol. The molecule has 0 saturated carbocycles. The molecule has 2 heterocycles. The van der Waals surface area contributed by atoms with Gasteiger partial charge in [0.1, 0.15) is 18.9 Å². The van der Waals surface area contributed by atoms with Crippen LogP contribution in [-0.4, -0.2) is 15.7 Å². The molecule has 4 rings (SSSR count). The van der Waals surface area contributed by atoms with E-state index in [2.05, 4.69) is 16.5 Å². The van der Waals surface area contributed by atoms with E-state index < -0.39 is 0 Å². The van der Waals surface area contributed by atoms with Gasteiger partial charge in [0.15, 0.2) is 0 Å². The number of carbonyl (C=O) groups is 1. The van der Waals surface area contributed by atoms with E-state index in [0.717, 1.165) is 28.1 Å². The van der Waals surface area contributed by atoms with Crippen molar-refractivity contribution < 1.29 is 9.53 Å². The fraction of sp³-hybridized carbons (Fsp3) is 0.158. The highest BCUT2D eigenvalue weighted by Crippen LogP contribution is 2.37. The summed E-state index contributed by atoms with van der Waals surface area (Å²) in [5, 5.41) is 7.80. The minimum atomic E-state index is -0.158. The Balaban J connectivity index is 1.61. The van der Waals surface area contributed by atoms with E-state index in [1.165, 1.54) is 0 Å². The molecule has 5 nitrogen and oxygen atoms in total. The average Bonchev–Trinajstić information content (AvgIpc) is 2.98. The fourth-order valence-electron chi connectivity index (χ4n) is 2.97. The van der Waals surface area contributed by atoms with Gasteiger partial charge in [0.05, 0.1) is 11.9 Å². The largest absolute Gasteiger partial charge is 0.488 e. The van der Waals surface area contributed by atoms with Crippen LogP contribution in [0.25, 0.3) is 11.3 Å². The third kappa shape index (κ3) is 3.10. The summed E-state index contributed by atoms with van der Waals surface area (Å²) < 4.78 is 7.48. The van der Waals surface area contributed by atoms with Crippen LogP contribution in [0.5, 0.6) is 5.75 Å². The molecule has 126 valence electrons. The SMILES string of the molecule is Cc1ccc2c(c1)-c1c(cnn1CC(=O)Nc1cccc(Cl)c1)CO2. The first-order valence-corrected chi connectivity index (χ1v) is 8.32. The molecule has 0 spiro atoms. The first-order valence-electron chi connectivity index (χ1n) is 7.94. The summed E-state index contributed by atoms with van der Waals surface area (Å²) in [6.07, 6.45) is 1.76. The molecule has 0 saturated heterocycles. The number of amides is 1. The van der Waals surface area contributed by atoms with Gasteiger partial charge in [-0.15, -0.1) is 0 Å². The lowest BCUT2D eigenvalue weighted by atomic mass is 10.0. The Kier molecular flexibility index (Phi) is 3.93. The standard InChI is InChI=1S/C19H16ClN3O2/c1-12-5-6-17-16(7-12)19-13(11-25-17)9-21-23(19)10-18(24)22-15-4-2-3-14(20)8-15/h2-9H,10-11H2,1H3,(H,22,24). The Bertz CT molecular complexity index is 965. The van der Waals surface area contributed by atoms with Crippen molar-refractivity contribution in [2.24, 2.45) is 0 Å². The van der Waals surface area contributed by atoms with Crippen molar-refractivity contribution in [2.45, 2.75) is 20.1 Å². The summed E-state index contributed by atoms with van der Waals surface area (Å²) in [5.74, 6) is 0.656. The number of fused-ring (bicyclic) bond motifs is 3. The Morgan fingerprint density at radius 1 is 1.32 bits per heavy atom. The van der Waals surface area contributed by atoms with Crippen molar-refractivity contribution in [1.29, 1.82) is 0 Å². The molecule has 0 aliphatic carbocycles. The van der Waals surface area contributed by atoms with Crippen molar-refractivity contribution >= 4 is 23.2 Å². The average molecular weight is 354 g/mol. The summed E-state index contributed by atoms with van der Waals surface area (Å²) >= 11 is 5.95. The van der Waals surface area contributed by atoms with Crippen molar-refractivity contribution in [3.63, 3.8) is 0 Å². The minimum Gasteiger partial charge on any atom is -0.488 e. The Labute approximate surface area is 150 Å². The first kappa shape index (κ1) is 15.7. The van der Waals surface area contributed by atoms with E-state index in [0.29, 0.717) is 17.3 Å². The van der Waals surface area contributed by atoms with Crippen molar-refractivity contribution in [3.05, 3.63) is 64.8 Å². The number of carbonyl (C=O) groups excluding carboxylic acids is 1. The lowest BCUT2D eigenvalue weighted by Gasteiger charge is -2.19. The number of aromatic nitrogens is 2. The number of aryl methyl sites for hydroxylation is 1. The van der Waals surface area contributed by atoms with Gasteiger partial charge in [-0.1, -0.05) is 29.3 Å². The van der Waals surface area contributed by atoms with E-state index in [9.17, 15) is 4.79 Å². The van der Waals surface area contributed by atoms with Gasteiger partial charge in [0, 0.05) is 21.8 Å². The highest BCUT2D eigenvalue weighted by molar-refractivity contribution is 6.30. The van der Waals surface area contributed by atoms with Gasteiger partial charge in [-0.05, 0) is 37.3 Å². The second-order valence-corrected chi connectivity index (χ2v) is 6.46. The number of hydrogen-bond acceptors (Lipinski definition) is 3. The summed E-state index contributed by atoms with van der Waals surface area (Å²) in [5.41, 5.74) is 4.68. The van der Waals surface area contributed by atoms with Crippen LogP contribution in [0.2, 0.25) is 5.02 Å². The molecule has 0 fully saturated rings. The van der Waals surface area contributed by atoms with E-state index >= 15 is 0 Å². The third-order valence-corrected chi connectivity index (χ3v) is 4.33. The van der Waals surface area contributed by atoms with Gasteiger partial charge in [-0.3, -0.25) is 9.48 Å². The van der Waals surface area contributed by atoms with Crippen LogP contribution in [0.3, 0.4) is 0 Å². The summed E-state index contributed by atoms with van der Waals surface area (Å²) in [6.45, 7) is 2.61. The lowest BCUT2D eigenvalue weighted by Crippen LogP contribution is -2.20. The number of benzene rings is 2. The maximum absolute atomic E-state index is 12.4. The Hall–Kier alpha value is -2.79. The van der Waals surface area contributed by atoms with E-state index in [1.54, 1.807) is 35.1 Å². The van der Waals surface area contributed by atoms with Crippen LogP contribution in [-0.2, 0) is 17.9 Å². The topological polar surface area (TPSA) is 56.2 Å². The van der Waals surface area contributed by atoms with Crippen LogP contribution < -0.4 is 10.1 Å². The molecule has 0 atom stereocenters. The molecule has 25 heavy (non-hydrogen) atoms. The normalized spacial score (nSPS) is 12.1. The number of anilines is 1. The Morgan fingerprint density at radius 2 is 2.20 bits per heavy atom. The highest BCUT2D eigenvalue weighted by atomic mass is 35.5. The van der Waals surface area contributed by atoms with Crippen LogP contribution in [0, 0.1) is 6.92 Å². The second kappa shape index (κ2) is 6.26. The van der Waals surface area contributed by atoms with Crippen LogP contribution in [0.1, 0.15) is 11.1 Å². The molecule has 1 aliphatic rings. The third-order valence-electron chi connectivity index (χ3n) is 4.09. The number of hydrogen-bond donors (Lipinski definition) is 1. The molecule has 6 heteroatoms. The molecule has 1 N–H and O–H groups in total. The summed E-state index contributed by atoms with van der Waals surface area (Å²) in [4.78, 5) is 12.4. The molecule has 3 aromatic rings. The molecule has 1 aliphatic heterocycles. The van der Waals surface area contributed by atoms with E-state index in [4.69, 9.17) is 16.3 Å². The zero-order valence-corrected chi connectivity index (χ0v) is 14.4. The number of nitrogens with zero attached hydrogens (tertiary/aromatic N) is 2. The van der Waals surface area contributed by atoms with Gasteiger partial charge in [-0.25, -0.2) is 0 Å². The predicted molar refractivity (Wildman–Crippen MR) is 96.8 cm³/mol. The van der Waals surface area contributed by atoms with Gasteiger partial charge < -0.3 is 10.1 Å². The van der Waals surface area contributed by atoms with Gasteiger partial charge >= 0.3 is 0 Å². The minimum absolute atomic E-state index is 0.120. The monoisotopic (exact) mass is 353 g/mol. The van der Waals surface area contributed by atoms with Gasteiger partial charge in [0.25, 0.3) is 0 Å². The number of nitrogens with one attached hydrogen (secondary N) is 1.